The molecule has 0 atom stereocenters. The van der Waals surface area contributed by atoms with E-state index in [0.717, 1.165) is 5.69 Å². The normalized spacial score (nSPS) is 14.4. The average Bonchev–Trinajstić information content (AvgIpc) is 3.13. The molecule has 2 amide bonds. The van der Waals surface area contributed by atoms with Crippen molar-refractivity contribution in [3.05, 3.63) is 35.5 Å². The highest BCUT2D eigenvalue weighted by Gasteiger charge is 2.17. The van der Waals surface area contributed by atoms with Gasteiger partial charge in [-0.2, -0.15) is 0 Å². The second-order valence-electron chi connectivity index (χ2n) is 5.24. The molecule has 0 unspecified atom stereocenters. The highest BCUT2D eigenvalue weighted by Crippen LogP contribution is 2.22. The zero-order valence-corrected chi connectivity index (χ0v) is 13.9. The Hall–Kier alpha value is -2.32. The third-order valence-corrected chi connectivity index (χ3v) is 4.62. The van der Waals surface area contributed by atoms with E-state index in [1.807, 2.05) is 18.2 Å². The number of morpholine rings is 1. The van der Waals surface area contributed by atoms with Crippen molar-refractivity contribution in [2.24, 2.45) is 0 Å². The van der Waals surface area contributed by atoms with Crippen molar-refractivity contribution in [2.45, 2.75) is 6.42 Å². The van der Waals surface area contributed by atoms with Crippen molar-refractivity contribution in [1.82, 2.24) is 20.2 Å². The first-order chi connectivity index (χ1) is 11.7. The number of carbonyl (C=O) groups excluding carboxylic acids is 2. The zero-order valence-electron chi connectivity index (χ0n) is 13.1. The van der Waals surface area contributed by atoms with Crippen LogP contribution in [0.5, 0.6) is 0 Å². The van der Waals surface area contributed by atoms with Gasteiger partial charge in [0.2, 0.25) is 5.91 Å². The molecule has 3 heterocycles. The summed E-state index contributed by atoms with van der Waals surface area (Å²) in [5.41, 5.74) is 0.740. The lowest BCUT2D eigenvalue weighted by atomic mass is 10.3. The molecule has 8 heteroatoms. The van der Waals surface area contributed by atoms with Gasteiger partial charge in [0, 0.05) is 32.3 Å². The maximum atomic E-state index is 12.1. The topological polar surface area (TPSA) is 84.4 Å². The molecule has 0 aromatic carbocycles. The van der Waals surface area contributed by atoms with Gasteiger partial charge in [0.1, 0.15) is 9.88 Å². The van der Waals surface area contributed by atoms with Crippen LogP contribution < -0.4 is 5.32 Å². The van der Waals surface area contributed by atoms with E-state index in [2.05, 4.69) is 15.3 Å². The summed E-state index contributed by atoms with van der Waals surface area (Å²) in [5, 5.41) is 3.47. The number of nitrogens with one attached hydrogen (secondary N) is 1. The van der Waals surface area contributed by atoms with Gasteiger partial charge in [-0.05, 0) is 12.1 Å². The van der Waals surface area contributed by atoms with Gasteiger partial charge in [-0.25, -0.2) is 4.98 Å². The quantitative estimate of drug-likeness (QED) is 0.879. The van der Waals surface area contributed by atoms with Crippen LogP contribution in [-0.4, -0.2) is 59.5 Å². The predicted molar refractivity (Wildman–Crippen MR) is 89.7 cm³/mol. The van der Waals surface area contributed by atoms with Gasteiger partial charge in [-0.1, -0.05) is 6.07 Å². The van der Waals surface area contributed by atoms with E-state index >= 15 is 0 Å². The summed E-state index contributed by atoms with van der Waals surface area (Å²) in [7, 11) is 0. The fraction of sp³-hybridized carbons (Fsp3) is 0.375. The van der Waals surface area contributed by atoms with Crippen LogP contribution in [0.25, 0.3) is 10.7 Å². The van der Waals surface area contributed by atoms with Gasteiger partial charge in [0.25, 0.3) is 5.91 Å². The molecule has 1 saturated heterocycles. The molecule has 1 aliphatic heterocycles. The lowest BCUT2D eigenvalue weighted by Gasteiger charge is -2.26. The number of pyridine rings is 1. The Morgan fingerprint density at radius 1 is 1.25 bits per heavy atom. The Labute approximate surface area is 143 Å². The summed E-state index contributed by atoms with van der Waals surface area (Å²) >= 11 is 1.28. The molecule has 3 rings (SSSR count). The number of nitrogens with zero attached hydrogens (tertiary/aromatic N) is 3. The van der Waals surface area contributed by atoms with Crippen molar-refractivity contribution in [3.8, 4) is 10.7 Å². The summed E-state index contributed by atoms with van der Waals surface area (Å²) in [5.74, 6) is -0.179. The minimum Gasteiger partial charge on any atom is -0.378 e. The molecule has 0 aliphatic carbocycles. The predicted octanol–water partition coefficient (Wildman–Crippen LogP) is 1.18. The zero-order chi connectivity index (χ0) is 16.8. The van der Waals surface area contributed by atoms with Crippen molar-refractivity contribution in [1.29, 1.82) is 0 Å². The summed E-state index contributed by atoms with van der Waals surface area (Å²) in [6.45, 7) is 2.71. The second-order valence-corrected chi connectivity index (χ2v) is 6.27. The van der Waals surface area contributed by atoms with Crippen LogP contribution in [0.15, 0.2) is 30.6 Å². The smallest absolute Gasteiger partial charge is 0.263 e. The second kappa shape index (κ2) is 7.98. The minimum atomic E-state index is -0.218. The monoisotopic (exact) mass is 346 g/mol. The molecular weight excluding hydrogens is 328 g/mol. The van der Waals surface area contributed by atoms with E-state index in [4.69, 9.17) is 4.74 Å². The standard InChI is InChI=1S/C16H18N4O3S/c21-14(20-7-9-23-10-8-20)4-6-18-15(22)13-11-19-16(24-13)12-3-1-2-5-17-12/h1-3,5,11H,4,6-10H2,(H,18,22). The molecule has 0 radical (unpaired) electrons. The molecule has 24 heavy (non-hydrogen) atoms. The van der Waals surface area contributed by atoms with Crippen LogP contribution in [0.3, 0.4) is 0 Å². The maximum Gasteiger partial charge on any atom is 0.263 e. The molecule has 126 valence electrons. The SMILES string of the molecule is O=C(NCCC(=O)N1CCOCC1)c1cnc(-c2ccccn2)s1. The highest BCUT2D eigenvalue weighted by molar-refractivity contribution is 7.16. The summed E-state index contributed by atoms with van der Waals surface area (Å²) in [4.78, 5) is 34.9. The molecule has 0 spiro atoms. The first-order valence-electron chi connectivity index (χ1n) is 7.75. The summed E-state index contributed by atoms with van der Waals surface area (Å²) in [6.07, 6.45) is 3.51. The van der Waals surface area contributed by atoms with Gasteiger partial charge in [-0.3, -0.25) is 14.6 Å². The Balaban J connectivity index is 1.49. The van der Waals surface area contributed by atoms with Crippen LogP contribution in [0.1, 0.15) is 16.1 Å². The third kappa shape index (κ3) is 4.15. The van der Waals surface area contributed by atoms with E-state index in [0.29, 0.717) is 42.7 Å². The molecule has 1 aliphatic rings. The van der Waals surface area contributed by atoms with Crippen LogP contribution in [-0.2, 0) is 9.53 Å². The highest BCUT2D eigenvalue weighted by atomic mass is 32.1. The first-order valence-corrected chi connectivity index (χ1v) is 8.56. The summed E-state index contributed by atoms with van der Waals surface area (Å²) in [6, 6.07) is 5.55. The summed E-state index contributed by atoms with van der Waals surface area (Å²) < 4.78 is 5.21. The van der Waals surface area contributed by atoms with Crippen molar-refractivity contribution >= 4 is 23.2 Å². The molecule has 7 nitrogen and oxygen atoms in total. The fourth-order valence-corrected chi connectivity index (χ4v) is 3.14. The molecule has 2 aromatic rings. The van der Waals surface area contributed by atoms with E-state index < -0.39 is 0 Å². The molecule has 2 aromatic heterocycles. The maximum absolute atomic E-state index is 12.1. The molecule has 0 bridgehead atoms. The van der Waals surface area contributed by atoms with Crippen molar-refractivity contribution in [2.75, 3.05) is 32.8 Å². The van der Waals surface area contributed by atoms with Crippen LogP contribution in [0.4, 0.5) is 0 Å². The Kier molecular flexibility index (Phi) is 5.50. The van der Waals surface area contributed by atoms with Crippen LogP contribution in [0, 0.1) is 0 Å². The van der Waals surface area contributed by atoms with Crippen LogP contribution in [0.2, 0.25) is 0 Å². The minimum absolute atomic E-state index is 0.0390. The average molecular weight is 346 g/mol. The number of carbonyl (C=O) groups is 2. The largest absolute Gasteiger partial charge is 0.378 e. The molecule has 1 fully saturated rings. The number of ether oxygens (including phenoxy) is 1. The third-order valence-electron chi connectivity index (χ3n) is 3.60. The lowest BCUT2D eigenvalue weighted by molar-refractivity contribution is -0.135. The molecular formula is C16H18N4O3S. The van der Waals surface area contributed by atoms with Crippen molar-refractivity contribution < 1.29 is 14.3 Å². The number of rotatable bonds is 5. The van der Waals surface area contributed by atoms with E-state index in [1.165, 1.54) is 17.5 Å². The van der Waals surface area contributed by atoms with Gasteiger partial charge >= 0.3 is 0 Å². The lowest BCUT2D eigenvalue weighted by Crippen LogP contribution is -2.41. The van der Waals surface area contributed by atoms with Crippen LogP contribution >= 0.6 is 11.3 Å². The molecule has 1 N–H and O–H groups in total. The fourth-order valence-electron chi connectivity index (χ4n) is 2.33. The van der Waals surface area contributed by atoms with Gasteiger partial charge < -0.3 is 15.0 Å². The van der Waals surface area contributed by atoms with Gasteiger partial charge in [0.15, 0.2) is 0 Å². The molecule has 0 saturated carbocycles. The first kappa shape index (κ1) is 16.5. The Morgan fingerprint density at radius 2 is 2.08 bits per heavy atom. The number of aromatic nitrogens is 2. The van der Waals surface area contributed by atoms with E-state index in [-0.39, 0.29) is 18.2 Å². The number of hydrogen-bond donors (Lipinski definition) is 1. The van der Waals surface area contributed by atoms with Crippen molar-refractivity contribution in [3.63, 3.8) is 0 Å². The van der Waals surface area contributed by atoms with E-state index in [9.17, 15) is 9.59 Å². The Morgan fingerprint density at radius 3 is 2.83 bits per heavy atom. The number of hydrogen-bond acceptors (Lipinski definition) is 6. The van der Waals surface area contributed by atoms with Gasteiger partial charge in [-0.15, -0.1) is 11.3 Å². The Bertz CT molecular complexity index is 698. The number of thiazole rings is 1. The van der Waals surface area contributed by atoms with E-state index in [1.54, 1.807) is 11.1 Å². The van der Waals surface area contributed by atoms with Gasteiger partial charge in [0.05, 0.1) is 25.1 Å². The number of amides is 2.